The highest BCUT2D eigenvalue weighted by molar-refractivity contribution is 9.10. The summed E-state index contributed by atoms with van der Waals surface area (Å²) in [4.78, 5) is 4.18. The third kappa shape index (κ3) is 3.07. The van der Waals surface area contributed by atoms with E-state index in [1.807, 2.05) is 12.3 Å². The van der Waals surface area contributed by atoms with E-state index in [9.17, 15) is 0 Å². The van der Waals surface area contributed by atoms with Gasteiger partial charge in [0.05, 0.1) is 0 Å². The van der Waals surface area contributed by atoms with Gasteiger partial charge in [-0.1, -0.05) is 23.8 Å². The average Bonchev–Trinajstić information content (AvgIpc) is 2.30. The highest BCUT2D eigenvalue weighted by Crippen LogP contribution is 2.11. The van der Waals surface area contributed by atoms with Crippen molar-refractivity contribution in [3.8, 4) is 0 Å². The van der Waals surface area contributed by atoms with Crippen LogP contribution in [0.1, 0.15) is 11.1 Å². The van der Waals surface area contributed by atoms with E-state index in [4.69, 9.17) is 0 Å². The van der Waals surface area contributed by atoms with Crippen molar-refractivity contribution in [1.29, 1.82) is 0 Å². The van der Waals surface area contributed by atoms with Crippen LogP contribution in [0.4, 0.5) is 5.69 Å². The molecule has 0 fully saturated rings. The van der Waals surface area contributed by atoms with Gasteiger partial charge in [0.2, 0.25) is 0 Å². The summed E-state index contributed by atoms with van der Waals surface area (Å²) in [5.74, 6) is 0. The minimum atomic E-state index is 0.795. The van der Waals surface area contributed by atoms with Crippen LogP contribution in [0.3, 0.4) is 0 Å². The first-order valence-electron chi connectivity index (χ1n) is 5.15. The number of aryl methyl sites for hydroxylation is 1. The van der Waals surface area contributed by atoms with Crippen molar-refractivity contribution >= 4 is 21.6 Å². The molecular formula is C13H13BrN2. The van der Waals surface area contributed by atoms with Crippen molar-refractivity contribution in [2.75, 3.05) is 5.32 Å². The van der Waals surface area contributed by atoms with E-state index >= 15 is 0 Å². The first kappa shape index (κ1) is 11.1. The Morgan fingerprint density at radius 1 is 1.12 bits per heavy atom. The molecule has 0 unspecified atom stereocenters. The fraction of sp³-hybridized carbons (Fsp3) is 0.154. The molecule has 0 aliphatic carbocycles. The van der Waals surface area contributed by atoms with Crippen LogP contribution < -0.4 is 5.32 Å². The van der Waals surface area contributed by atoms with E-state index in [2.05, 4.69) is 63.5 Å². The van der Waals surface area contributed by atoms with Gasteiger partial charge in [0, 0.05) is 18.4 Å². The lowest BCUT2D eigenvalue weighted by molar-refractivity contribution is 1.10. The van der Waals surface area contributed by atoms with E-state index in [1.54, 1.807) is 0 Å². The molecule has 0 saturated carbocycles. The number of aromatic nitrogens is 1. The van der Waals surface area contributed by atoms with Crippen LogP contribution in [-0.2, 0) is 6.54 Å². The SMILES string of the molecule is Cc1ccc(NCc2ccc(Br)nc2)cc1. The Morgan fingerprint density at radius 2 is 1.88 bits per heavy atom. The molecule has 0 bridgehead atoms. The number of nitrogens with zero attached hydrogens (tertiary/aromatic N) is 1. The lowest BCUT2D eigenvalue weighted by atomic mass is 10.2. The molecule has 16 heavy (non-hydrogen) atoms. The van der Waals surface area contributed by atoms with Gasteiger partial charge in [0.15, 0.2) is 0 Å². The van der Waals surface area contributed by atoms with Crippen molar-refractivity contribution in [2.45, 2.75) is 13.5 Å². The van der Waals surface area contributed by atoms with Gasteiger partial charge < -0.3 is 5.32 Å². The lowest BCUT2D eigenvalue weighted by Crippen LogP contribution is -1.99. The molecule has 1 aromatic heterocycles. The summed E-state index contributed by atoms with van der Waals surface area (Å²) in [6, 6.07) is 12.4. The Morgan fingerprint density at radius 3 is 2.50 bits per heavy atom. The first-order chi connectivity index (χ1) is 7.74. The minimum absolute atomic E-state index is 0.795. The van der Waals surface area contributed by atoms with Crippen LogP contribution in [0.25, 0.3) is 0 Å². The molecule has 2 aromatic rings. The zero-order valence-electron chi connectivity index (χ0n) is 9.07. The minimum Gasteiger partial charge on any atom is -0.381 e. The van der Waals surface area contributed by atoms with Gasteiger partial charge in [0.1, 0.15) is 4.60 Å². The second-order valence-electron chi connectivity index (χ2n) is 3.71. The third-order valence-corrected chi connectivity index (χ3v) is 2.81. The van der Waals surface area contributed by atoms with Gasteiger partial charge in [-0.3, -0.25) is 0 Å². The standard InChI is InChI=1S/C13H13BrN2/c1-10-2-5-12(6-3-10)15-8-11-4-7-13(14)16-9-11/h2-7,9,15H,8H2,1H3. The molecule has 2 rings (SSSR count). The fourth-order valence-electron chi connectivity index (χ4n) is 1.39. The maximum atomic E-state index is 4.18. The summed E-state index contributed by atoms with van der Waals surface area (Å²) in [5, 5.41) is 3.35. The highest BCUT2D eigenvalue weighted by Gasteiger charge is 1.94. The van der Waals surface area contributed by atoms with Gasteiger partial charge in [-0.25, -0.2) is 4.98 Å². The predicted molar refractivity (Wildman–Crippen MR) is 70.4 cm³/mol. The summed E-state index contributed by atoms with van der Waals surface area (Å²) in [7, 11) is 0. The Labute approximate surface area is 104 Å². The summed E-state index contributed by atoms with van der Waals surface area (Å²) < 4.78 is 0.867. The first-order valence-corrected chi connectivity index (χ1v) is 5.94. The zero-order chi connectivity index (χ0) is 11.4. The van der Waals surface area contributed by atoms with E-state index in [0.29, 0.717) is 0 Å². The van der Waals surface area contributed by atoms with E-state index in [1.165, 1.54) is 11.1 Å². The number of pyridine rings is 1. The van der Waals surface area contributed by atoms with Gasteiger partial charge >= 0.3 is 0 Å². The van der Waals surface area contributed by atoms with Gasteiger partial charge in [-0.05, 0) is 46.6 Å². The van der Waals surface area contributed by atoms with Crippen LogP contribution in [0, 0.1) is 6.92 Å². The summed E-state index contributed by atoms with van der Waals surface area (Å²) in [6.07, 6.45) is 1.87. The second-order valence-corrected chi connectivity index (χ2v) is 4.52. The fourth-order valence-corrected chi connectivity index (χ4v) is 1.62. The van der Waals surface area contributed by atoms with Crippen LogP contribution in [0.2, 0.25) is 0 Å². The molecular weight excluding hydrogens is 264 g/mol. The van der Waals surface area contributed by atoms with Gasteiger partial charge in [-0.2, -0.15) is 0 Å². The monoisotopic (exact) mass is 276 g/mol. The van der Waals surface area contributed by atoms with Crippen LogP contribution in [-0.4, -0.2) is 4.98 Å². The third-order valence-electron chi connectivity index (χ3n) is 2.34. The van der Waals surface area contributed by atoms with E-state index in [0.717, 1.165) is 16.8 Å². The van der Waals surface area contributed by atoms with E-state index in [-0.39, 0.29) is 0 Å². The lowest BCUT2D eigenvalue weighted by Gasteiger charge is -2.06. The molecule has 0 aliphatic rings. The van der Waals surface area contributed by atoms with Crippen molar-refractivity contribution in [3.63, 3.8) is 0 Å². The maximum Gasteiger partial charge on any atom is 0.106 e. The number of nitrogens with one attached hydrogen (secondary N) is 1. The van der Waals surface area contributed by atoms with Crippen molar-refractivity contribution < 1.29 is 0 Å². The van der Waals surface area contributed by atoms with Crippen LogP contribution in [0.15, 0.2) is 47.2 Å². The Balaban J connectivity index is 1.97. The number of anilines is 1. The summed E-state index contributed by atoms with van der Waals surface area (Å²) in [5.41, 5.74) is 3.58. The molecule has 0 amide bonds. The largest absolute Gasteiger partial charge is 0.381 e. The molecule has 0 saturated heterocycles. The Hall–Kier alpha value is -1.35. The zero-order valence-corrected chi connectivity index (χ0v) is 10.7. The molecule has 1 N–H and O–H groups in total. The molecule has 2 nitrogen and oxygen atoms in total. The molecule has 0 spiro atoms. The van der Waals surface area contributed by atoms with Gasteiger partial charge in [0.25, 0.3) is 0 Å². The molecule has 82 valence electrons. The van der Waals surface area contributed by atoms with Crippen LogP contribution >= 0.6 is 15.9 Å². The number of hydrogen-bond acceptors (Lipinski definition) is 2. The Bertz CT molecular complexity index is 403. The molecule has 0 radical (unpaired) electrons. The van der Waals surface area contributed by atoms with E-state index < -0.39 is 0 Å². The number of rotatable bonds is 3. The van der Waals surface area contributed by atoms with Crippen LogP contribution in [0.5, 0.6) is 0 Å². The topological polar surface area (TPSA) is 24.9 Å². The number of benzene rings is 1. The molecule has 1 heterocycles. The summed E-state index contributed by atoms with van der Waals surface area (Å²) >= 11 is 3.32. The average molecular weight is 277 g/mol. The normalized spacial score (nSPS) is 10.1. The molecule has 3 heteroatoms. The van der Waals surface area contributed by atoms with Crippen molar-refractivity contribution in [2.24, 2.45) is 0 Å². The van der Waals surface area contributed by atoms with Crippen molar-refractivity contribution in [1.82, 2.24) is 4.98 Å². The smallest absolute Gasteiger partial charge is 0.106 e. The predicted octanol–water partition coefficient (Wildman–Crippen LogP) is 3.76. The van der Waals surface area contributed by atoms with Crippen molar-refractivity contribution in [3.05, 3.63) is 58.3 Å². The second kappa shape index (κ2) is 5.12. The summed E-state index contributed by atoms with van der Waals surface area (Å²) in [6.45, 7) is 2.88. The van der Waals surface area contributed by atoms with Gasteiger partial charge in [-0.15, -0.1) is 0 Å². The number of halogens is 1. The quantitative estimate of drug-likeness (QED) is 0.864. The maximum absolute atomic E-state index is 4.18. The number of hydrogen-bond donors (Lipinski definition) is 1. The Kier molecular flexibility index (Phi) is 3.57. The highest BCUT2D eigenvalue weighted by atomic mass is 79.9. The molecule has 0 aliphatic heterocycles. The molecule has 1 aromatic carbocycles. The molecule has 0 atom stereocenters.